The van der Waals surface area contributed by atoms with Crippen molar-refractivity contribution in [1.82, 2.24) is 10.2 Å². The molecule has 0 spiro atoms. The van der Waals surface area contributed by atoms with E-state index in [4.69, 9.17) is 0 Å². The van der Waals surface area contributed by atoms with E-state index in [0.29, 0.717) is 18.8 Å². The highest BCUT2D eigenvalue weighted by atomic mass is 32.2. The Morgan fingerprint density at radius 3 is 2.73 bits per heavy atom. The molecule has 6 heteroatoms. The molecule has 2 amide bonds. The molecule has 1 aliphatic rings. The number of hydrogen-bond donors (Lipinski definition) is 1. The van der Waals surface area contributed by atoms with E-state index in [1.807, 2.05) is 30.3 Å². The Hall–Kier alpha value is -1.69. The summed E-state index contributed by atoms with van der Waals surface area (Å²) in [6, 6.07) is 9.55. The van der Waals surface area contributed by atoms with Gasteiger partial charge in [0.05, 0.1) is 0 Å². The number of amides is 2. The Morgan fingerprint density at radius 2 is 2.05 bits per heavy atom. The van der Waals surface area contributed by atoms with Gasteiger partial charge in [-0.1, -0.05) is 30.3 Å². The summed E-state index contributed by atoms with van der Waals surface area (Å²) in [5.74, 6) is 0.272. The molecule has 0 radical (unpaired) electrons. The van der Waals surface area contributed by atoms with Gasteiger partial charge in [-0.3, -0.25) is 13.8 Å². The zero-order chi connectivity index (χ0) is 15.9. The van der Waals surface area contributed by atoms with Gasteiger partial charge in [-0.2, -0.15) is 0 Å². The summed E-state index contributed by atoms with van der Waals surface area (Å²) in [7, 11) is -1.20. The predicted octanol–water partition coefficient (Wildman–Crippen LogP) is 1.06. The molecule has 120 valence electrons. The normalized spacial score (nSPS) is 19.5. The second kappa shape index (κ2) is 8.08. The van der Waals surface area contributed by atoms with Crippen LogP contribution in [0.3, 0.4) is 0 Å². The third-order valence-electron chi connectivity index (χ3n) is 3.64. The second-order valence-corrected chi connectivity index (χ2v) is 7.05. The van der Waals surface area contributed by atoms with Crippen LogP contribution in [0.4, 0.5) is 0 Å². The summed E-state index contributed by atoms with van der Waals surface area (Å²) in [6.07, 6.45) is 1.75. The van der Waals surface area contributed by atoms with Crippen LogP contribution in [0.5, 0.6) is 0 Å². The van der Waals surface area contributed by atoms with Crippen molar-refractivity contribution >= 4 is 22.6 Å². The largest absolute Gasteiger partial charge is 0.352 e. The Bertz CT molecular complexity index is 548. The van der Waals surface area contributed by atoms with Gasteiger partial charge in [0, 0.05) is 42.6 Å². The molecular weight excluding hydrogens is 300 g/mol. The molecule has 1 heterocycles. The summed E-state index contributed by atoms with van der Waals surface area (Å²) >= 11 is 0. The van der Waals surface area contributed by atoms with E-state index in [0.717, 1.165) is 18.4 Å². The van der Waals surface area contributed by atoms with E-state index in [1.165, 1.54) is 6.92 Å². The van der Waals surface area contributed by atoms with E-state index in [9.17, 15) is 13.8 Å². The number of rotatable bonds is 5. The van der Waals surface area contributed by atoms with Crippen LogP contribution >= 0.6 is 0 Å². The molecule has 2 unspecified atom stereocenters. The zero-order valence-electron chi connectivity index (χ0n) is 12.8. The first-order valence-electron chi connectivity index (χ1n) is 7.48. The highest BCUT2D eigenvalue weighted by Crippen LogP contribution is 2.11. The Morgan fingerprint density at radius 1 is 1.32 bits per heavy atom. The van der Waals surface area contributed by atoms with Crippen LogP contribution in [-0.2, 0) is 26.1 Å². The van der Waals surface area contributed by atoms with E-state index < -0.39 is 10.8 Å². The minimum absolute atomic E-state index is 0.0118. The van der Waals surface area contributed by atoms with Gasteiger partial charge in [-0.15, -0.1) is 0 Å². The molecule has 0 bridgehead atoms. The smallest absolute Gasteiger partial charge is 0.235 e. The summed E-state index contributed by atoms with van der Waals surface area (Å²) in [6.45, 7) is 2.67. The zero-order valence-corrected chi connectivity index (χ0v) is 13.6. The van der Waals surface area contributed by atoms with Crippen LogP contribution in [0.15, 0.2) is 30.3 Å². The average Bonchev–Trinajstić information content (AvgIpc) is 2.47. The van der Waals surface area contributed by atoms with E-state index in [1.54, 1.807) is 4.90 Å². The first-order valence-corrected chi connectivity index (χ1v) is 8.97. The first-order chi connectivity index (χ1) is 10.5. The van der Waals surface area contributed by atoms with Crippen molar-refractivity contribution < 1.29 is 13.8 Å². The molecule has 0 saturated carbocycles. The van der Waals surface area contributed by atoms with Crippen molar-refractivity contribution in [3.8, 4) is 0 Å². The van der Waals surface area contributed by atoms with Gasteiger partial charge in [-0.25, -0.2) is 0 Å². The first kappa shape index (κ1) is 16.7. The summed E-state index contributed by atoms with van der Waals surface area (Å²) < 4.78 is 12.1. The van der Waals surface area contributed by atoms with Crippen LogP contribution in [-0.4, -0.2) is 45.8 Å². The Labute approximate surface area is 133 Å². The fourth-order valence-electron chi connectivity index (χ4n) is 2.65. The van der Waals surface area contributed by atoms with E-state index >= 15 is 0 Å². The van der Waals surface area contributed by atoms with Gasteiger partial charge in [0.25, 0.3) is 0 Å². The molecule has 2 rings (SSSR count). The summed E-state index contributed by atoms with van der Waals surface area (Å²) in [5.41, 5.74) is 0.975. The minimum Gasteiger partial charge on any atom is -0.352 e. The second-order valence-electron chi connectivity index (χ2n) is 5.59. The van der Waals surface area contributed by atoms with Crippen molar-refractivity contribution in [3.63, 3.8) is 0 Å². The van der Waals surface area contributed by atoms with Crippen LogP contribution < -0.4 is 5.32 Å². The van der Waals surface area contributed by atoms with Crippen molar-refractivity contribution in [2.45, 2.75) is 31.6 Å². The lowest BCUT2D eigenvalue weighted by molar-refractivity contribution is -0.130. The van der Waals surface area contributed by atoms with Crippen LogP contribution in [0.25, 0.3) is 0 Å². The van der Waals surface area contributed by atoms with Gasteiger partial charge in [0.15, 0.2) is 0 Å². The molecular formula is C16H22N2O3S. The van der Waals surface area contributed by atoms with Crippen molar-refractivity contribution in [2.75, 3.05) is 18.8 Å². The monoisotopic (exact) mass is 322 g/mol. The van der Waals surface area contributed by atoms with Crippen LogP contribution in [0, 0.1) is 0 Å². The average molecular weight is 322 g/mol. The molecule has 1 fully saturated rings. The van der Waals surface area contributed by atoms with E-state index in [-0.39, 0.29) is 23.6 Å². The maximum absolute atomic E-state index is 12.3. The number of hydrogen-bond acceptors (Lipinski definition) is 3. The summed E-state index contributed by atoms with van der Waals surface area (Å²) in [4.78, 5) is 25.1. The van der Waals surface area contributed by atoms with E-state index in [2.05, 4.69) is 5.32 Å². The molecule has 1 aromatic rings. The molecule has 5 nitrogen and oxygen atoms in total. The summed E-state index contributed by atoms with van der Waals surface area (Å²) in [5, 5.41) is 2.85. The quantitative estimate of drug-likeness (QED) is 0.881. The van der Waals surface area contributed by atoms with Gasteiger partial charge >= 0.3 is 0 Å². The third-order valence-corrected chi connectivity index (χ3v) is 4.86. The van der Waals surface area contributed by atoms with Gasteiger partial charge in [0.1, 0.15) is 5.75 Å². The number of piperidine rings is 1. The standard InChI is InChI=1S/C16H22N2O3S/c1-13(19)17-15-8-5-9-18(10-15)16(20)12-22(21)11-14-6-3-2-4-7-14/h2-4,6-7,15H,5,8-12H2,1H3,(H,17,19). The van der Waals surface area contributed by atoms with Gasteiger partial charge < -0.3 is 10.2 Å². The van der Waals surface area contributed by atoms with Crippen LogP contribution in [0.1, 0.15) is 25.3 Å². The lowest BCUT2D eigenvalue weighted by Crippen LogP contribution is -2.50. The maximum Gasteiger partial charge on any atom is 0.235 e. The number of nitrogens with zero attached hydrogens (tertiary/aromatic N) is 1. The van der Waals surface area contributed by atoms with Gasteiger partial charge in [0.2, 0.25) is 11.8 Å². The fraction of sp³-hybridized carbons (Fsp3) is 0.500. The maximum atomic E-state index is 12.3. The third kappa shape index (κ3) is 5.26. The number of carbonyl (C=O) groups is 2. The Kier molecular flexibility index (Phi) is 6.12. The Balaban J connectivity index is 1.83. The minimum atomic E-state index is -1.20. The molecule has 0 aliphatic carbocycles. The highest BCUT2D eigenvalue weighted by molar-refractivity contribution is 7.84. The topological polar surface area (TPSA) is 66.5 Å². The lowest BCUT2D eigenvalue weighted by atomic mass is 10.1. The SMILES string of the molecule is CC(=O)NC1CCCN(C(=O)CS(=O)Cc2ccccc2)C1. The molecule has 0 aromatic heterocycles. The highest BCUT2D eigenvalue weighted by Gasteiger charge is 2.24. The predicted molar refractivity (Wildman–Crippen MR) is 86.6 cm³/mol. The van der Waals surface area contributed by atoms with Crippen molar-refractivity contribution in [1.29, 1.82) is 0 Å². The van der Waals surface area contributed by atoms with Crippen molar-refractivity contribution in [3.05, 3.63) is 35.9 Å². The number of nitrogens with one attached hydrogen (secondary N) is 1. The van der Waals surface area contributed by atoms with Crippen molar-refractivity contribution in [2.24, 2.45) is 0 Å². The molecule has 1 aliphatic heterocycles. The van der Waals surface area contributed by atoms with Gasteiger partial charge in [-0.05, 0) is 18.4 Å². The lowest BCUT2D eigenvalue weighted by Gasteiger charge is -2.33. The fourth-order valence-corrected chi connectivity index (χ4v) is 3.77. The molecule has 22 heavy (non-hydrogen) atoms. The molecule has 1 saturated heterocycles. The van der Waals surface area contributed by atoms with Crippen LogP contribution in [0.2, 0.25) is 0 Å². The molecule has 2 atom stereocenters. The molecule has 1 aromatic carbocycles. The number of likely N-dealkylation sites (tertiary alicyclic amines) is 1. The number of carbonyl (C=O) groups excluding carboxylic acids is 2. The number of benzene rings is 1. The molecule has 1 N–H and O–H groups in total.